The van der Waals surface area contributed by atoms with E-state index in [9.17, 15) is 5.11 Å². The van der Waals surface area contributed by atoms with Gasteiger partial charge < -0.3 is 14.7 Å². The summed E-state index contributed by atoms with van der Waals surface area (Å²) in [6.07, 6.45) is 1.93. The van der Waals surface area contributed by atoms with Gasteiger partial charge in [0.1, 0.15) is 6.10 Å². The van der Waals surface area contributed by atoms with Crippen LogP contribution in [0.5, 0.6) is 0 Å². The van der Waals surface area contributed by atoms with Crippen molar-refractivity contribution in [3.8, 4) is 0 Å². The zero-order valence-corrected chi connectivity index (χ0v) is 15.1. The minimum Gasteiger partial charge on any atom is -0.389 e. The van der Waals surface area contributed by atoms with Crippen LogP contribution in [-0.4, -0.2) is 42.4 Å². The normalized spacial score (nSPS) is 19.9. The van der Waals surface area contributed by atoms with Crippen LogP contribution < -0.4 is 0 Å². The molecule has 2 aromatic carbocycles. The van der Waals surface area contributed by atoms with Crippen LogP contribution in [0.3, 0.4) is 0 Å². The number of hydrogen-bond acceptors (Lipinski definition) is 3. The maximum absolute atomic E-state index is 10.5. The van der Waals surface area contributed by atoms with Gasteiger partial charge in [0.15, 0.2) is 0 Å². The molecule has 0 aromatic heterocycles. The quantitative estimate of drug-likeness (QED) is 0.831. The molecule has 0 amide bonds. The Labute approximate surface area is 151 Å². The van der Waals surface area contributed by atoms with Gasteiger partial charge in [-0.25, -0.2) is 0 Å². The number of ether oxygens (including phenoxy) is 1. The monoisotopic (exact) mass is 339 g/mol. The number of nitrogens with zero attached hydrogens (tertiary/aromatic N) is 1. The lowest BCUT2D eigenvalue weighted by Crippen LogP contribution is -2.41. The third-order valence-electron chi connectivity index (χ3n) is 4.87. The summed E-state index contributed by atoms with van der Waals surface area (Å²) in [4.78, 5) is 2.36. The van der Waals surface area contributed by atoms with Crippen molar-refractivity contribution in [1.29, 1.82) is 0 Å². The second-order valence-corrected chi connectivity index (χ2v) is 7.20. The van der Waals surface area contributed by atoms with Crippen molar-refractivity contribution >= 4 is 0 Å². The summed E-state index contributed by atoms with van der Waals surface area (Å²) in [6, 6.07) is 20.5. The SMILES string of the molecule is C[C@@H]1CCCN(C[C@@H](O)COC(c2ccccc2)c2ccccc2)C1. The van der Waals surface area contributed by atoms with E-state index >= 15 is 0 Å². The van der Waals surface area contributed by atoms with E-state index in [1.807, 2.05) is 36.4 Å². The van der Waals surface area contributed by atoms with E-state index < -0.39 is 6.10 Å². The summed E-state index contributed by atoms with van der Waals surface area (Å²) in [5.41, 5.74) is 2.24. The van der Waals surface area contributed by atoms with Crippen LogP contribution in [0.2, 0.25) is 0 Å². The summed E-state index contributed by atoms with van der Waals surface area (Å²) < 4.78 is 6.17. The Balaban J connectivity index is 1.61. The van der Waals surface area contributed by atoms with E-state index in [2.05, 4.69) is 36.1 Å². The van der Waals surface area contributed by atoms with Crippen LogP contribution in [0.1, 0.15) is 37.0 Å². The molecule has 1 saturated heterocycles. The van der Waals surface area contributed by atoms with Crippen LogP contribution in [0.15, 0.2) is 60.7 Å². The van der Waals surface area contributed by atoms with Crippen LogP contribution in [0.25, 0.3) is 0 Å². The summed E-state index contributed by atoms with van der Waals surface area (Å²) in [5.74, 6) is 0.725. The van der Waals surface area contributed by atoms with E-state index in [0.717, 1.165) is 30.1 Å². The summed E-state index contributed by atoms with van der Waals surface area (Å²) >= 11 is 0. The van der Waals surface area contributed by atoms with Crippen molar-refractivity contribution < 1.29 is 9.84 Å². The second-order valence-electron chi connectivity index (χ2n) is 7.20. The van der Waals surface area contributed by atoms with E-state index in [1.165, 1.54) is 12.8 Å². The first-order valence-corrected chi connectivity index (χ1v) is 9.34. The molecule has 1 aliphatic rings. The fraction of sp³-hybridized carbons (Fsp3) is 0.455. The van der Waals surface area contributed by atoms with E-state index in [-0.39, 0.29) is 6.10 Å². The number of rotatable bonds is 7. The molecule has 1 N–H and O–H groups in total. The van der Waals surface area contributed by atoms with Gasteiger partial charge in [-0.2, -0.15) is 0 Å². The molecule has 3 rings (SSSR count). The standard InChI is InChI=1S/C22H29NO2/c1-18-9-8-14-23(15-18)16-21(24)17-25-22(19-10-4-2-5-11-19)20-12-6-3-7-13-20/h2-7,10-13,18,21-22,24H,8-9,14-17H2,1H3/t18-,21-/m1/s1. The largest absolute Gasteiger partial charge is 0.389 e. The van der Waals surface area contributed by atoms with Crippen molar-refractivity contribution in [3.05, 3.63) is 71.8 Å². The second kappa shape index (κ2) is 9.14. The highest BCUT2D eigenvalue weighted by Crippen LogP contribution is 2.26. The maximum Gasteiger partial charge on any atom is 0.108 e. The molecule has 0 radical (unpaired) electrons. The fourth-order valence-corrected chi connectivity index (χ4v) is 3.65. The van der Waals surface area contributed by atoms with Crippen molar-refractivity contribution in [2.75, 3.05) is 26.2 Å². The molecule has 1 heterocycles. The van der Waals surface area contributed by atoms with Crippen molar-refractivity contribution in [1.82, 2.24) is 4.90 Å². The Bertz CT molecular complexity index is 577. The Morgan fingerprint density at radius 3 is 2.20 bits per heavy atom. The predicted molar refractivity (Wildman–Crippen MR) is 102 cm³/mol. The molecule has 0 aliphatic carbocycles. The van der Waals surface area contributed by atoms with Gasteiger partial charge in [-0.3, -0.25) is 0 Å². The molecule has 0 unspecified atom stereocenters. The molecule has 2 atom stereocenters. The molecule has 134 valence electrons. The van der Waals surface area contributed by atoms with Gasteiger partial charge in [0.2, 0.25) is 0 Å². The molecule has 3 heteroatoms. The van der Waals surface area contributed by atoms with Gasteiger partial charge in [-0.15, -0.1) is 0 Å². The molecular formula is C22H29NO2. The number of aliphatic hydroxyl groups is 1. The fourth-order valence-electron chi connectivity index (χ4n) is 3.65. The first-order chi connectivity index (χ1) is 12.2. The van der Waals surface area contributed by atoms with E-state index in [1.54, 1.807) is 0 Å². The molecule has 1 aliphatic heterocycles. The van der Waals surface area contributed by atoms with Gasteiger partial charge in [-0.05, 0) is 36.4 Å². The molecule has 0 bridgehead atoms. The summed E-state index contributed by atoms with van der Waals surface area (Å²) in [6.45, 7) is 5.50. The minimum absolute atomic E-state index is 0.141. The Morgan fingerprint density at radius 2 is 1.64 bits per heavy atom. The van der Waals surface area contributed by atoms with Crippen LogP contribution in [0.4, 0.5) is 0 Å². The molecule has 0 saturated carbocycles. The lowest BCUT2D eigenvalue weighted by Gasteiger charge is -2.32. The Morgan fingerprint density at radius 1 is 1.04 bits per heavy atom. The first kappa shape index (κ1) is 18.1. The summed E-state index contributed by atoms with van der Waals surface area (Å²) in [5, 5.41) is 10.5. The third-order valence-corrected chi connectivity index (χ3v) is 4.87. The maximum atomic E-state index is 10.5. The average molecular weight is 339 g/mol. The number of β-amino-alcohol motifs (C(OH)–C–C–N with tert-alkyl or cyclic N) is 1. The lowest BCUT2D eigenvalue weighted by atomic mass is 10.00. The lowest BCUT2D eigenvalue weighted by molar-refractivity contribution is -0.0129. The topological polar surface area (TPSA) is 32.7 Å². The molecule has 1 fully saturated rings. The van der Waals surface area contributed by atoms with Crippen LogP contribution in [-0.2, 0) is 4.74 Å². The molecule has 3 nitrogen and oxygen atoms in total. The highest BCUT2D eigenvalue weighted by Gasteiger charge is 2.21. The van der Waals surface area contributed by atoms with Gasteiger partial charge in [0.25, 0.3) is 0 Å². The highest BCUT2D eigenvalue weighted by atomic mass is 16.5. The third kappa shape index (κ3) is 5.40. The van der Waals surface area contributed by atoms with Crippen molar-refractivity contribution in [2.24, 2.45) is 5.92 Å². The van der Waals surface area contributed by atoms with Crippen LogP contribution >= 0.6 is 0 Å². The molecular weight excluding hydrogens is 310 g/mol. The number of piperidine rings is 1. The van der Waals surface area contributed by atoms with Gasteiger partial charge in [0.05, 0.1) is 12.7 Å². The van der Waals surface area contributed by atoms with Gasteiger partial charge in [0, 0.05) is 13.1 Å². The number of aliphatic hydroxyl groups excluding tert-OH is 1. The van der Waals surface area contributed by atoms with Crippen molar-refractivity contribution in [2.45, 2.75) is 32.0 Å². The summed E-state index contributed by atoms with van der Waals surface area (Å²) in [7, 11) is 0. The predicted octanol–water partition coefficient (Wildman–Crippen LogP) is 3.89. The Hall–Kier alpha value is -1.68. The van der Waals surface area contributed by atoms with Crippen molar-refractivity contribution in [3.63, 3.8) is 0 Å². The van der Waals surface area contributed by atoms with E-state index in [0.29, 0.717) is 13.2 Å². The number of benzene rings is 2. The first-order valence-electron chi connectivity index (χ1n) is 9.34. The highest BCUT2D eigenvalue weighted by molar-refractivity contribution is 5.29. The van der Waals surface area contributed by atoms with Gasteiger partial charge >= 0.3 is 0 Å². The van der Waals surface area contributed by atoms with E-state index in [4.69, 9.17) is 4.74 Å². The minimum atomic E-state index is -0.458. The smallest absolute Gasteiger partial charge is 0.108 e. The van der Waals surface area contributed by atoms with Crippen LogP contribution in [0, 0.1) is 5.92 Å². The number of hydrogen-bond donors (Lipinski definition) is 1. The molecule has 0 spiro atoms. The molecule has 25 heavy (non-hydrogen) atoms. The average Bonchev–Trinajstić information content (AvgIpc) is 2.64. The number of likely N-dealkylation sites (tertiary alicyclic amines) is 1. The molecule has 2 aromatic rings. The Kier molecular flexibility index (Phi) is 6.62. The zero-order chi connectivity index (χ0) is 17.5. The van der Waals surface area contributed by atoms with Gasteiger partial charge in [-0.1, -0.05) is 67.6 Å². The zero-order valence-electron chi connectivity index (χ0n) is 15.1.